The number of methoxy groups -OCH3 is 1. The molecule has 0 amide bonds. The Balaban J connectivity index is 1.87. The van der Waals surface area contributed by atoms with E-state index in [9.17, 15) is 9.90 Å². The molecule has 0 bridgehead atoms. The second-order valence-corrected chi connectivity index (χ2v) is 8.42. The highest BCUT2D eigenvalue weighted by atomic mass is 16.5. The molecular formula is C25H30N2O4. The second-order valence-electron chi connectivity index (χ2n) is 8.42. The molecular weight excluding hydrogens is 392 g/mol. The van der Waals surface area contributed by atoms with Crippen LogP contribution < -0.4 is 10.3 Å². The van der Waals surface area contributed by atoms with Crippen molar-refractivity contribution < 1.29 is 14.3 Å². The molecule has 0 saturated carbocycles. The molecule has 6 nitrogen and oxygen atoms in total. The average Bonchev–Trinajstić information content (AvgIpc) is 3.28. The third-order valence-corrected chi connectivity index (χ3v) is 6.31. The summed E-state index contributed by atoms with van der Waals surface area (Å²) in [5.41, 5.74) is 1.76. The molecule has 0 spiro atoms. The quantitative estimate of drug-likeness (QED) is 0.640. The molecule has 1 aromatic carbocycles. The molecule has 1 N–H and O–H groups in total. The van der Waals surface area contributed by atoms with E-state index in [1.54, 1.807) is 24.0 Å². The lowest BCUT2D eigenvalue weighted by atomic mass is 9.91. The number of benzene rings is 1. The van der Waals surface area contributed by atoms with Crippen LogP contribution in [-0.4, -0.2) is 34.8 Å². The summed E-state index contributed by atoms with van der Waals surface area (Å²) in [6, 6.07) is 12.7. The van der Waals surface area contributed by atoms with Crippen LogP contribution in [0.2, 0.25) is 0 Å². The Kier molecular flexibility index (Phi) is 6.18. The lowest BCUT2D eigenvalue weighted by Crippen LogP contribution is -2.40. The van der Waals surface area contributed by atoms with E-state index in [1.807, 2.05) is 43.3 Å². The first-order valence-electron chi connectivity index (χ1n) is 10.8. The minimum absolute atomic E-state index is 0.0210. The number of pyridine rings is 1. The van der Waals surface area contributed by atoms with E-state index in [0.29, 0.717) is 35.2 Å². The summed E-state index contributed by atoms with van der Waals surface area (Å²) in [5, 5.41) is 11.0. The van der Waals surface area contributed by atoms with Gasteiger partial charge in [-0.25, -0.2) is 0 Å². The molecule has 6 heteroatoms. The van der Waals surface area contributed by atoms with Crippen molar-refractivity contribution in [3.63, 3.8) is 0 Å². The van der Waals surface area contributed by atoms with Crippen LogP contribution in [0.1, 0.15) is 48.4 Å². The van der Waals surface area contributed by atoms with Crippen molar-refractivity contribution >= 4 is 0 Å². The summed E-state index contributed by atoms with van der Waals surface area (Å²) in [6.07, 6.45) is 3.71. The zero-order valence-electron chi connectivity index (χ0n) is 18.4. The zero-order valence-corrected chi connectivity index (χ0v) is 18.4. The van der Waals surface area contributed by atoms with Gasteiger partial charge in [0.2, 0.25) is 0 Å². The average molecular weight is 423 g/mol. The lowest BCUT2D eigenvalue weighted by Gasteiger charge is -2.37. The van der Waals surface area contributed by atoms with Gasteiger partial charge in [-0.15, -0.1) is 0 Å². The molecule has 1 atom stereocenters. The van der Waals surface area contributed by atoms with Crippen LogP contribution in [0.3, 0.4) is 0 Å². The number of aryl methyl sites for hydroxylation is 1. The largest absolute Gasteiger partial charge is 0.507 e. The van der Waals surface area contributed by atoms with Gasteiger partial charge < -0.3 is 18.8 Å². The van der Waals surface area contributed by atoms with Crippen molar-refractivity contribution in [1.82, 2.24) is 9.47 Å². The molecule has 3 heterocycles. The minimum atomic E-state index is -0.389. The maximum atomic E-state index is 13.8. The van der Waals surface area contributed by atoms with Gasteiger partial charge in [0.15, 0.2) is 0 Å². The van der Waals surface area contributed by atoms with Crippen LogP contribution in [0.25, 0.3) is 0 Å². The van der Waals surface area contributed by atoms with Crippen molar-refractivity contribution in [2.45, 2.75) is 39.3 Å². The van der Waals surface area contributed by atoms with Crippen molar-refractivity contribution in [1.29, 1.82) is 0 Å². The molecule has 1 aliphatic heterocycles. The van der Waals surface area contributed by atoms with E-state index in [4.69, 9.17) is 9.15 Å². The van der Waals surface area contributed by atoms with Gasteiger partial charge in [0.25, 0.3) is 5.56 Å². The Morgan fingerprint density at radius 3 is 2.61 bits per heavy atom. The number of para-hydroxylation sites is 1. The van der Waals surface area contributed by atoms with E-state index >= 15 is 0 Å². The van der Waals surface area contributed by atoms with Crippen molar-refractivity contribution in [3.05, 3.63) is 81.7 Å². The third kappa shape index (κ3) is 4.26. The minimum Gasteiger partial charge on any atom is -0.507 e. The standard InChI is InChI=1S/C25H30N2O4/c1-17-10-12-26(13-11-17)24(20-8-4-5-9-22(20)30-3)23-21(28)15-18(2)27(25(23)29)16-19-7-6-14-31-19/h4-9,14-15,17,24,28H,10-13,16H2,1-3H3. The van der Waals surface area contributed by atoms with Crippen LogP contribution in [0.4, 0.5) is 0 Å². The van der Waals surface area contributed by atoms with Gasteiger partial charge in [0, 0.05) is 11.3 Å². The van der Waals surface area contributed by atoms with E-state index in [1.165, 1.54) is 0 Å². The molecule has 1 fully saturated rings. The number of hydrogen-bond donors (Lipinski definition) is 1. The molecule has 0 aliphatic carbocycles. The van der Waals surface area contributed by atoms with Gasteiger partial charge in [-0.2, -0.15) is 0 Å². The monoisotopic (exact) mass is 422 g/mol. The summed E-state index contributed by atoms with van der Waals surface area (Å²) in [5.74, 6) is 2.08. The van der Waals surface area contributed by atoms with Crippen LogP contribution >= 0.6 is 0 Å². The molecule has 4 rings (SSSR count). The molecule has 3 aromatic rings. The Hall–Kier alpha value is -2.99. The maximum absolute atomic E-state index is 13.8. The fourth-order valence-corrected chi connectivity index (χ4v) is 4.49. The predicted molar refractivity (Wildman–Crippen MR) is 120 cm³/mol. The van der Waals surface area contributed by atoms with Crippen molar-refractivity contribution in [2.24, 2.45) is 5.92 Å². The number of rotatable bonds is 6. The van der Waals surface area contributed by atoms with E-state index < -0.39 is 0 Å². The van der Waals surface area contributed by atoms with Gasteiger partial charge >= 0.3 is 0 Å². The van der Waals surface area contributed by atoms with Crippen LogP contribution in [0, 0.1) is 12.8 Å². The Bertz CT molecular complexity index is 1080. The predicted octanol–water partition coefficient (Wildman–Crippen LogP) is 4.33. The second kappa shape index (κ2) is 9.02. The van der Waals surface area contributed by atoms with Crippen molar-refractivity contribution in [3.8, 4) is 11.5 Å². The topological polar surface area (TPSA) is 67.8 Å². The van der Waals surface area contributed by atoms with Gasteiger partial charge in [0.05, 0.1) is 31.5 Å². The summed E-state index contributed by atoms with van der Waals surface area (Å²) in [7, 11) is 1.64. The fourth-order valence-electron chi connectivity index (χ4n) is 4.49. The number of nitrogens with zero attached hydrogens (tertiary/aromatic N) is 2. The first kappa shape index (κ1) is 21.2. The smallest absolute Gasteiger partial charge is 0.260 e. The molecule has 1 unspecified atom stereocenters. The number of furan rings is 1. The Morgan fingerprint density at radius 1 is 1.19 bits per heavy atom. The number of hydrogen-bond acceptors (Lipinski definition) is 5. The van der Waals surface area contributed by atoms with Gasteiger partial charge in [-0.1, -0.05) is 25.1 Å². The fraction of sp³-hybridized carbons (Fsp3) is 0.400. The number of ether oxygens (including phenoxy) is 1. The van der Waals surface area contributed by atoms with Gasteiger partial charge in [-0.05, 0) is 63.0 Å². The number of aromatic nitrogens is 1. The number of aromatic hydroxyl groups is 1. The molecule has 164 valence electrons. The first-order valence-corrected chi connectivity index (χ1v) is 10.8. The van der Waals surface area contributed by atoms with Crippen LogP contribution in [0.5, 0.6) is 11.5 Å². The summed E-state index contributed by atoms with van der Waals surface area (Å²) in [4.78, 5) is 16.0. The SMILES string of the molecule is COc1ccccc1C(c1c(O)cc(C)n(Cc2ccco2)c1=O)N1CCC(C)CC1. The molecule has 0 radical (unpaired) electrons. The highest BCUT2D eigenvalue weighted by Gasteiger charge is 2.33. The third-order valence-electron chi connectivity index (χ3n) is 6.31. The van der Waals surface area contributed by atoms with E-state index in [2.05, 4.69) is 11.8 Å². The Morgan fingerprint density at radius 2 is 1.94 bits per heavy atom. The highest BCUT2D eigenvalue weighted by molar-refractivity contribution is 5.46. The Labute approximate surface area is 182 Å². The van der Waals surface area contributed by atoms with Gasteiger partial charge in [-0.3, -0.25) is 9.69 Å². The highest BCUT2D eigenvalue weighted by Crippen LogP contribution is 2.39. The van der Waals surface area contributed by atoms with Crippen LogP contribution in [-0.2, 0) is 6.54 Å². The summed E-state index contributed by atoms with van der Waals surface area (Å²) < 4.78 is 12.8. The van der Waals surface area contributed by atoms with E-state index in [-0.39, 0.29) is 17.4 Å². The first-order chi connectivity index (χ1) is 15.0. The zero-order chi connectivity index (χ0) is 22.0. The molecule has 1 saturated heterocycles. The lowest BCUT2D eigenvalue weighted by molar-refractivity contribution is 0.153. The molecule has 31 heavy (non-hydrogen) atoms. The van der Waals surface area contributed by atoms with Gasteiger partial charge in [0.1, 0.15) is 17.3 Å². The van der Waals surface area contributed by atoms with Crippen LogP contribution in [0.15, 0.2) is 57.9 Å². The normalized spacial score (nSPS) is 16.4. The number of piperidine rings is 1. The van der Waals surface area contributed by atoms with Crippen molar-refractivity contribution in [2.75, 3.05) is 20.2 Å². The summed E-state index contributed by atoms with van der Waals surface area (Å²) in [6.45, 7) is 6.12. The molecule has 2 aromatic heterocycles. The van der Waals surface area contributed by atoms with E-state index in [0.717, 1.165) is 31.5 Å². The molecule has 1 aliphatic rings. The summed E-state index contributed by atoms with van der Waals surface area (Å²) >= 11 is 0. The maximum Gasteiger partial charge on any atom is 0.260 e. The number of likely N-dealkylation sites (tertiary alicyclic amines) is 1.